The largest absolute Gasteiger partial charge is 0.394 e. The van der Waals surface area contributed by atoms with Crippen molar-refractivity contribution in [1.82, 2.24) is 16.0 Å². The Bertz CT molecular complexity index is 2510. The highest BCUT2D eigenvalue weighted by Gasteiger charge is 2.60. The minimum absolute atomic E-state index is 0.839. The van der Waals surface area contributed by atoms with Crippen LogP contribution in [0.5, 0.6) is 0 Å². The number of carbonyl (C=O) groups excluding carboxylic acids is 3. The van der Waals surface area contributed by atoms with E-state index in [0.29, 0.717) is 0 Å². The molecule has 8 fully saturated rings. The molecule has 0 aromatic heterocycles. The molecule has 3 amide bonds. The molecule has 0 bridgehead atoms. The van der Waals surface area contributed by atoms with Crippen LogP contribution in [0, 0.1) is 0 Å². The predicted molar refractivity (Wildman–Crippen MR) is 299 cm³/mol. The zero-order valence-electron chi connectivity index (χ0n) is 52.4. The Hall–Kier alpha value is -3.11. The van der Waals surface area contributed by atoms with Gasteiger partial charge in [0.15, 0.2) is 50.3 Å². The molecular weight excluding hydrogens is 1350 g/mol. The van der Waals surface area contributed by atoms with Crippen molar-refractivity contribution in [3.05, 3.63) is 0 Å². The van der Waals surface area contributed by atoms with Gasteiger partial charge in [0.05, 0.1) is 52.9 Å². The van der Waals surface area contributed by atoms with Crippen LogP contribution in [0.2, 0.25) is 0 Å². The molecule has 0 unspecified atom stereocenters. The van der Waals surface area contributed by atoms with Crippen molar-refractivity contribution in [2.75, 3.05) is 52.9 Å². The maximum absolute atomic E-state index is 12.9. The lowest BCUT2D eigenvalue weighted by Gasteiger charge is -2.51. The molecule has 0 radical (unpaired) electrons. The summed E-state index contributed by atoms with van der Waals surface area (Å²) in [6.07, 6.45) is -74.7. The Kier molecular flexibility index (Phi) is 28.9. The molecule has 568 valence electrons. The highest BCUT2D eigenvalue weighted by molar-refractivity contribution is 5.74. The summed E-state index contributed by atoms with van der Waals surface area (Å²) in [4.78, 5) is 38.0. The van der Waals surface area contributed by atoms with E-state index in [0.717, 1.165) is 20.8 Å². The Morgan fingerprint density at radius 1 is 0.265 bits per heavy atom. The van der Waals surface area contributed by atoms with Gasteiger partial charge in [-0.3, -0.25) is 14.4 Å². The van der Waals surface area contributed by atoms with E-state index in [9.17, 15) is 132 Å². The number of hydrogen-bond acceptors (Lipinski definition) is 41. The number of ether oxygens (including phenoxy) is 15. The zero-order valence-corrected chi connectivity index (χ0v) is 52.4. The fourth-order valence-corrected chi connectivity index (χ4v) is 12.6. The van der Waals surface area contributed by atoms with E-state index in [4.69, 9.17) is 71.1 Å². The summed E-state index contributed by atoms with van der Waals surface area (Å²) < 4.78 is 87.7. The molecule has 8 heterocycles. The predicted octanol–water partition coefficient (Wildman–Crippen LogP) is -18.0. The van der Waals surface area contributed by atoms with Crippen LogP contribution in [-0.2, 0) is 85.4 Å². The summed E-state index contributed by atoms with van der Waals surface area (Å²) in [7, 11) is 0. The van der Waals surface area contributed by atoms with Gasteiger partial charge >= 0.3 is 0 Å². The number of hydrogen-bond donors (Lipinski definition) is 26. The van der Waals surface area contributed by atoms with Crippen LogP contribution < -0.4 is 16.0 Å². The van der Waals surface area contributed by atoms with Gasteiger partial charge in [0.1, 0.15) is 195 Å². The maximum atomic E-state index is 12.9. The monoisotopic (exact) mass is 1440 g/mol. The highest BCUT2D eigenvalue weighted by atomic mass is 16.8. The van der Waals surface area contributed by atoms with Crippen LogP contribution in [0.15, 0.2) is 0 Å². The second-order valence-electron chi connectivity index (χ2n) is 24.6. The lowest BCUT2D eigenvalue weighted by atomic mass is 9.94. The third-order valence-corrected chi connectivity index (χ3v) is 17.8. The van der Waals surface area contributed by atoms with Crippen molar-refractivity contribution < 1.29 is 203 Å². The number of carbonyl (C=O) groups is 3. The molecule has 0 aromatic carbocycles. The number of rotatable bonds is 25. The van der Waals surface area contributed by atoms with E-state index < -0.39 is 316 Å². The fourth-order valence-electron chi connectivity index (χ4n) is 12.6. The van der Waals surface area contributed by atoms with Gasteiger partial charge in [-0.15, -0.1) is 0 Å². The van der Waals surface area contributed by atoms with Crippen LogP contribution in [0.1, 0.15) is 20.8 Å². The summed E-state index contributed by atoms with van der Waals surface area (Å²) in [6, 6.07) is -5.49. The normalized spacial score (nSPS) is 49.5. The Morgan fingerprint density at radius 3 is 0.959 bits per heavy atom. The number of aliphatic hydroxyl groups is 23. The molecular formula is C54H91N3O41. The molecule has 0 spiro atoms. The molecule has 44 nitrogen and oxygen atoms in total. The minimum atomic E-state index is -2.42. The average Bonchev–Trinajstić information content (AvgIpc) is 0.770. The first kappa shape index (κ1) is 80.6. The van der Waals surface area contributed by atoms with Gasteiger partial charge in [-0.05, 0) is 0 Å². The second kappa shape index (κ2) is 35.1. The van der Waals surface area contributed by atoms with E-state index in [-0.39, 0.29) is 0 Å². The smallest absolute Gasteiger partial charge is 0.217 e. The highest BCUT2D eigenvalue weighted by Crippen LogP contribution is 2.39. The van der Waals surface area contributed by atoms with Crippen LogP contribution in [0.3, 0.4) is 0 Å². The van der Waals surface area contributed by atoms with Gasteiger partial charge in [-0.25, -0.2) is 0 Å². The first-order chi connectivity index (χ1) is 46.4. The van der Waals surface area contributed by atoms with Gasteiger partial charge in [0, 0.05) is 20.8 Å². The maximum Gasteiger partial charge on any atom is 0.217 e. The van der Waals surface area contributed by atoms with E-state index in [1.165, 1.54) is 0 Å². The van der Waals surface area contributed by atoms with Gasteiger partial charge in [-0.2, -0.15) is 0 Å². The Morgan fingerprint density at radius 2 is 0.561 bits per heavy atom. The summed E-state index contributed by atoms with van der Waals surface area (Å²) in [5.74, 6) is -2.67. The third kappa shape index (κ3) is 17.5. The summed E-state index contributed by atoms with van der Waals surface area (Å²) >= 11 is 0. The second-order valence-corrected chi connectivity index (χ2v) is 24.6. The molecule has 44 heteroatoms. The van der Waals surface area contributed by atoms with Gasteiger partial charge in [-0.1, -0.05) is 0 Å². The van der Waals surface area contributed by atoms with Gasteiger partial charge in [0.25, 0.3) is 0 Å². The SMILES string of the molecule is CC(=O)N[C@H]1[C@H](O[C@@H]2[C@@H](O[C@@H]3[C@H](O)[C@H](O)O[C@H](CO[C@H]4O[C@H](CO)[C@@H](O)[C@H](O)[C@@H]4O[C@@H]4O[C@H](CO)[C@@H](O[C@@H]5O[C@H](CO)[C@H](O)[C@H](O)[C@H]5O)[C@H](O)[C@H]4NC(C)=O)[C@H]3O)O[C@H](CO)[C@@H](O[C@@H]3O[C@H](CO)[C@@H](O)[C@H](O)[C@H]3NC(C)=O)[C@@H]2O)O[C@H](CO)[C@@H](O[C@@H]2O[C@H](CO)[C@H](O)[C@H](O)[C@H]2O)[C@@H]1O. The molecule has 8 saturated heterocycles. The minimum Gasteiger partial charge on any atom is -0.394 e. The van der Waals surface area contributed by atoms with E-state index in [1.807, 2.05) is 0 Å². The summed E-state index contributed by atoms with van der Waals surface area (Å²) in [5.41, 5.74) is 0. The fraction of sp³-hybridized carbons (Fsp3) is 0.944. The van der Waals surface area contributed by atoms with Crippen LogP contribution in [0.4, 0.5) is 0 Å². The van der Waals surface area contributed by atoms with Crippen LogP contribution in [0.25, 0.3) is 0 Å². The first-order valence-corrected chi connectivity index (χ1v) is 31.1. The van der Waals surface area contributed by atoms with E-state index in [2.05, 4.69) is 16.0 Å². The van der Waals surface area contributed by atoms with Crippen LogP contribution in [-0.4, -0.2) is 433 Å². The molecule has 40 atom stereocenters. The van der Waals surface area contributed by atoms with Gasteiger partial charge in [0.2, 0.25) is 17.7 Å². The number of nitrogens with one attached hydrogen (secondary N) is 3. The quantitative estimate of drug-likeness (QED) is 0.0404. The summed E-state index contributed by atoms with van der Waals surface area (Å²) in [6.45, 7) is -5.38. The van der Waals surface area contributed by atoms with Crippen molar-refractivity contribution in [1.29, 1.82) is 0 Å². The Labute approximate surface area is 554 Å². The van der Waals surface area contributed by atoms with Gasteiger partial charge < -0.3 is 204 Å². The average molecular weight is 1440 g/mol. The first-order valence-electron chi connectivity index (χ1n) is 31.1. The van der Waals surface area contributed by atoms with E-state index in [1.54, 1.807) is 0 Å². The molecule has 0 aromatic rings. The zero-order chi connectivity index (χ0) is 72.2. The van der Waals surface area contributed by atoms with Crippen LogP contribution >= 0.6 is 0 Å². The number of amides is 3. The molecule has 98 heavy (non-hydrogen) atoms. The van der Waals surface area contributed by atoms with E-state index >= 15 is 0 Å². The molecule has 8 aliphatic rings. The molecule has 8 aliphatic heterocycles. The number of aliphatic hydroxyl groups excluding tert-OH is 23. The molecule has 0 saturated carbocycles. The van der Waals surface area contributed by atoms with Crippen molar-refractivity contribution in [2.24, 2.45) is 0 Å². The third-order valence-electron chi connectivity index (χ3n) is 17.8. The van der Waals surface area contributed by atoms with Crippen molar-refractivity contribution in [2.45, 2.75) is 266 Å². The molecule has 8 rings (SSSR count). The van der Waals surface area contributed by atoms with Crippen molar-refractivity contribution in [3.63, 3.8) is 0 Å². The standard InChI is InChI=1S/C54H91N3O41/c1-12(65)55-23-31(73)26(68)15(4-58)86-48(23)93-43-21(10-64)92-54(46(39(43)81)98-50-25(57-14(3)67)33(75)42(20(9-63)91-50)95-52-38(80)35(77)28(70)17(6-60)88-52)96-44-30(72)22(85-47(83)40(44)82)11-84-53-45(36(78)29(71)18(7-61)89-53)97-49-24(56-13(2)66)32(74)41(19(8-62)90-49)94-51-37(79)34(76)27(69)16(5-59)87-51/h15-54,58-64,68-83H,4-11H2,1-3H3,(H,55,65)(H,56,66)(H,57,67)/t15-,16-,17-,18-,19-,20-,21-,22-,23-,24-,25-,26-,27+,28+,29-,30-,31-,32-,33-,34+,35+,36+,37-,38-,39+,40+,41-,42-,43-,44+,45+,46+,47-,48+,49+,50+,51+,52+,53+,54-/m1/s1. The topological polar surface area (TPSA) is 691 Å². The molecule has 0 aliphatic carbocycles. The lowest BCUT2D eigenvalue weighted by molar-refractivity contribution is -0.399. The Balaban J connectivity index is 1.07. The molecule has 26 N–H and O–H groups in total. The van der Waals surface area contributed by atoms with Crippen molar-refractivity contribution in [3.8, 4) is 0 Å². The summed E-state index contributed by atoms with van der Waals surface area (Å²) in [5, 5.41) is 258. The lowest BCUT2D eigenvalue weighted by Crippen LogP contribution is -2.71. The van der Waals surface area contributed by atoms with Crippen molar-refractivity contribution >= 4 is 17.7 Å².